The molecule has 0 radical (unpaired) electrons. The average molecular weight is 246 g/mol. The van der Waals surface area contributed by atoms with Crippen molar-refractivity contribution >= 4 is 11.6 Å². The molecule has 0 atom stereocenters. The standard InChI is InChI=1S/C14H18N2O2/c1-14(18)9-15(10-14)8-13(17)16-7-6-11-4-2-3-5-12(11)16/h2-5,18H,6-10H2,1H3. The summed E-state index contributed by atoms with van der Waals surface area (Å²) in [7, 11) is 0. The van der Waals surface area contributed by atoms with E-state index in [1.54, 1.807) is 6.92 Å². The lowest BCUT2D eigenvalue weighted by atomic mass is 9.97. The fourth-order valence-corrected chi connectivity index (χ4v) is 2.90. The van der Waals surface area contributed by atoms with Gasteiger partial charge in [-0.15, -0.1) is 0 Å². The molecular formula is C14H18N2O2. The number of fused-ring (bicyclic) bond motifs is 1. The lowest BCUT2D eigenvalue weighted by Crippen LogP contribution is -2.61. The molecule has 2 aliphatic rings. The van der Waals surface area contributed by atoms with E-state index in [-0.39, 0.29) is 5.91 Å². The number of anilines is 1. The van der Waals surface area contributed by atoms with E-state index in [1.165, 1.54) is 5.56 Å². The molecule has 4 heteroatoms. The van der Waals surface area contributed by atoms with Gasteiger partial charge in [0.1, 0.15) is 0 Å². The summed E-state index contributed by atoms with van der Waals surface area (Å²) >= 11 is 0. The second kappa shape index (κ2) is 4.07. The summed E-state index contributed by atoms with van der Waals surface area (Å²) in [5.74, 6) is 0.135. The van der Waals surface area contributed by atoms with Crippen molar-refractivity contribution in [3.8, 4) is 0 Å². The van der Waals surface area contributed by atoms with E-state index < -0.39 is 5.60 Å². The van der Waals surface area contributed by atoms with Crippen LogP contribution in [0.4, 0.5) is 5.69 Å². The molecule has 96 valence electrons. The van der Waals surface area contributed by atoms with E-state index in [4.69, 9.17) is 0 Å². The molecule has 18 heavy (non-hydrogen) atoms. The van der Waals surface area contributed by atoms with Crippen molar-refractivity contribution in [2.45, 2.75) is 18.9 Å². The van der Waals surface area contributed by atoms with Crippen LogP contribution in [0.25, 0.3) is 0 Å². The van der Waals surface area contributed by atoms with Crippen molar-refractivity contribution in [2.24, 2.45) is 0 Å². The first kappa shape index (κ1) is 11.7. The number of likely N-dealkylation sites (tertiary alicyclic amines) is 1. The Morgan fingerprint density at radius 2 is 2.11 bits per heavy atom. The van der Waals surface area contributed by atoms with Gasteiger partial charge in [-0.3, -0.25) is 9.69 Å². The molecule has 0 saturated carbocycles. The number of rotatable bonds is 2. The van der Waals surface area contributed by atoms with Crippen LogP contribution in [0.1, 0.15) is 12.5 Å². The number of carbonyl (C=O) groups excluding carboxylic acids is 1. The summed E-state index contributed by atoms with van der Waals surface area (Å²) in [4.78, 5) is 16.1. The van der Waals surface area contributed by atoms with Gasteiger partial charge in [0.25, 0.3) is 0 Å². The van der Waals surface area contributed by atoms with Crippen LogP contribution in [0.3, 0.4) is 0 Å². The summed E-state index contributed by atoms with van der Waals surface area (Å²) in [6, 6.07) is 8.07. The first-order chi connectivity index (χ1) is 8.55. The van der Waals surface area contributed by atoms with Crippen molar-refractivity contribution in [3.63, 3.8) is 0 Å². The molecule has 1 N–H and O–H groups in total. The minimum Gasteiger partial charge on any atom is -0.388 e. The third kappa shape index (κ3) is 2.02. The monoisotopic (exact) mass is 246 g/mol. The Bertz CT molecular complexity index is 476. The van der Waals surface area contributed by atoms with Crippen LogP contribution < -0.4 is 4.90 Å². The highest BCUT2D eigenvalue weighted by Gasteiger charge is 2.38. The largest absolute Gasteiger partial charge is 0.388 e. The minimum atomic E-state index is -0.608. The van der Waals surface area contributed by atoms with E-state index >= 15 is 0 Å². The first-order valence-corrected chi connectivity index (χ1v) is 6.38. The number of hydrogen-bond donors (Lipinski definition) is 1. The Morgan fingerprint density at radius 1 is 1.39 bits per heavy atom. The highest BCUT2D eigenvalue weighted by atomic mass is 16.3. The second-order valence-corrected chi connectivity index (χ2v) is 5.57. The summed E-state index contributed by atoms with van der Waals surface area (Å²) in [6.45, 7) is 4.18. The van der Waals surface area contributed by atoms with E-state index in [0.717, 1.165) is 18.7 Å². The van der Waals surface area contributed by atoms with Crippen LogP contribution in [0, 0.1) is 0 Å². The average Bonchev–Trinajstić information content (AvgIpc) is 2.70. The molecule has 1 saturated heterocycles. The summed E-state index contributed by atoms with van der Waals surface area (Å²) in [5.41, 5.74) is 1.69. The van der Waals surface area contributed by atoms with Crippen LogP contribution in [0.15, 0.2) is 24.3 Å². The number of benzene rings is 1. The van der Waals surface area contributed by atoms with E-state index in [1.807, 2.05) is 28.0 Å². The summed E-state index contributed by atoms with van der Waals surface area (Å²) < 4.78 is 0. The van der Waals surface area contributed by atoms with Crippen molar-refractivity contribution < 1.29 is 9.90 Å². The molecule has 0 aromatic heterocycles. The lowest BCUT2D eigenvalue weighted by Gasteiger charge is -2.44. The maximum absolute atomic E-state index is 12.2. The van der Waals surface area contributed by atoms with Crippen molar-refractivity contribution in [2.75, 3.05) is 31.1 Å². The molecule has 3 rings (SSSR count). The molecule has 0 bridgehead atoms. The number of hydrogen-bond acceptors (Lipinski definition) is 3. The van der Waals surface area contributed by atoms with Gasteiger partial charge >= 0.3 is 0 Å². The van der Waals surface area contributed by atoms with Crippen LogP contribution in [0.2, 0.25) is 0 Å². The van der Waals surface area contributed by atoms with Crippen LogP contribution in [-0.2, 0) is 11.2 Å². The van der Waals surface area contributed by atoms with Crippen molar-refractivity contribution in [1.29, 1.82) is 0 Å². The molecule has 1 aromatic rings. The molecule has 2 aliphatic heterocycles. The summed E-state index contributed by atoms with van der Waals surface area (Å²) in [5, 5.41) is 9.65. The van der Waals surface area contributed by atoms with Gasteiger partial charge in [0.05, 0.1) is 12.1 Å². The van der Waals surface area contributed by atoms with E-state index in [9.17, 15) is 9.90 Å². The highest BCUT2D eigenvalue weighted by molar-refractivity contribution is 5.96. The van der Waals surface area contributed by atoms with Gasteiger partial charge in [-0.2, -0.15) is 0 Å². The Morgan fingerprint density at radius 3 is 2.83 bits per heavy atom. The van der Waals surface area contributed by atoms with Gasteiger partial charge in [0.15, 0.2) is 0 Å². The summed E-state index contributed by atoms with van der Waals surface area (Å²) in [6.07, 6.45) is 0.944. The molecule has 0 aliphatic carbocycles. The Kier molecular flexibility index (Phi) is 2.64. The van der Waals surface area contributed by atoms with E-state index in [2.05, 4.69) is 6.07 Å². The van der Waals surface area contributed by atoms with Gasteiger partial charge in [0, 0.05) is 25.3 Å². The highest BCUT2D eigenvalue weighted by Crippen LogP contribution is 2.28. The third-order valence-corrected chi connectivity index (χ3v) is 3.68. The number of carbonyl (C=O) groups is 1. The number of para-hydroxylation sites is 1. The predicted molar refractivity (Wildman–Crippen MR) is 69.6 cm³/mol. The van der Waals surface area contributed by atoms with Crippen LogP contribution in [0.5, 0.6) is 0 Å². The number of amides is 1. The fourth-order valence-electron chi connectivity index (χ4n) is 2.90. The Hall–Kier alpha value is -1.39. The maximum Gasteiger partial charge on any atom is 0.241 e. The van der Waals surface area contributed by atoms with E-state index in [0.29, 0.717) is 19.6 Å². The van der Waals surface area contributed by atoms with Gasteiger partial charge in [-0.05, 0) is 25.0 Å². The lowest BCUT2D eigenvalue weighted by molar-refractivity contribution is -0.127. The van der Waals surface area contributed by atoms with Gasteiger partial charge in [-0.1, -0.05) is 18.2 Å². The molecule has 2 heterocycles. The smallest absolute Gasteiger partial charge is 0.241 e. The minimum absolute atomic E-state index is 0.135. The third-order valence-electron chi connectivity index (χ3n) is 3.68. The SMILES string of the molecule is CC1(O)CN(CC(=O)N2CCc3ccccc32)C1. The van der Waals surface area contributed by atoms with Gasteiger partial charge < -0.3 is 10.0 Å². The molecule has 0 spiro atoms. The predicted octanol–water partition coefficient (Wildman–Crippen LogP) is 0.642. The number of nitrogens with zero attached hydrogens (tertiary/aromatic N) is 2. The van der Waals surface area contributed by atoms with Gasteiger partial charge in [0.2, 0.25) is 5.91 Å². The molecule has 1 fully saturated rings. The number of aliphatic hydroxyl groups is 1. The zero-order valence-corrected chi connectivity index (χ0v) is 10.6. The Balaban J connectivity index is 1.65. The quantitative estimate of drug-likeness (QED) is 0.833. The van der Waals surface area contributed by atoms with Crippen molar-refractivity contribution in [3.05, 3.63) is 29.8 Å². The topological polar surface area (TPSA) is 43.8 Å². The fraction of sp³-hybridized carbons (Fsp3) is 0.500. The molecule has 0 unspecified atom stereocenters. The maximum atomic E-state index is 12.2. The van der Waals surface area contributed by atoms with Crippen LogP contribution >= 0.6 is 0 Å². The number of β-amino-alcohol motifs (C(OH)–C–C–N with tert-alkyl or cyclic N) is 1. The second-order valence-electron chi connectivity index (χ2n) is 5.57. The molecule has 1 aromatic carbocycles. The normalized spacial score (nSPS) is 21.6. The van der Waals surface area contributed by atoms with Gasteiger partial charge in [-0.25, -0.2) is 0 Å². The Labute approximate surface area is 107 Å². The molecule has 4 nitrogen and oxygen atoms in total. The first-order valence-electron chi connectivity index (χ1n) is 6.38. The van der Waals surface area contributed by atoms with Crippen molar-refractivity contribution in [1.82, 2.24) is 4.90 Å². The molecular weight excluding hydrogens is 228 g/mol. The van der Waals surface area contributed by atoms with Crippen LogP contribution in [-0.4, -0.2) is 47.7 Å². The zero-order valence-electron chi connectivity index (χ0n) is 10.6. The molecule has 1 amide bonds. The zero-order chi connectivity index (χ0) is 12.8.